The number of rotatable bonds is 2. The number of aryl methyl sites for hydroxylation is 1. The lowest BCUT2D eigenvalue weighted by Crippen LogP contribution is -2.31. The maximum atomic E-state index is 6.53. The molecule has 2 N–H and O–H groups in total. The van der Waals surface area contributed by atoms with Gasteiger partial charge in [-0.15, -0.1) is 0 Å². The Morgan fingerprint density at radius 1 is 1.05 bits per heavy atom. The van der Waals surface area contributed by atoms with Gasteiger partial charge in [-0.3, -0.25) is 0 Å². The molecule has 0 bridgehead atoms. The standard InChI is InChI=1S/C18H29N/c1-13-7-5-6-8-16(13)17(19)14-9-11-15(12-10-14)18(2,3)4/h5-8,14-15,17H,9-12,19H2,1-4H3. The van der Waals surface area contributed by atoms with E-state index in [-0.39, 0.29) is 6.04 Å². The first-order valence-electron chi connectivity index (χ1n) is 7.70. The number of hydrogen-bond donors (Lipinski definition) is 1. The summed E-state index contributed by atoms with van der Waals surface area (Å²) in [4.78, 5) is 0. The van der Waals surface area contributed by atoms with Gasteiger partial charge in [-0.1, -0.05) is 45.0 Å². The van der Waals surface area contributed by atoms with Crippen molar-refractivity contribution >= 4 is 0 Å². The van der Waals surface area contributed by atoms with Crippen LogP contribution in [0.2, 0.25) is 0 Å². The van der Waals surface area contributed by atoms with Gasteiger partial charge in [0.25, 0.3) is 0 Å². The van der Waals surface area contributed by atoms with Gasteiger partial charge in [-0.05, 0) is 61.0 Å². The van der Waals surface area contributed by atoms with E-state index < -0.39 is 0 Å². The van der Waals surface area contributed by atoms with E-state index in [4.69, 9.17) is 5.73 Å². The average molecular weight is 259 g/mol. The van der Waals surface area contributed by atoms with Crippen molar-refractivity contribution in [1.29, 1.82) is 0 Å². The van der Waals surface area contributed by atoms with E-state index >= 15 is 0 Å². The van der Waals surface area contributed by atoms with Crippen molar-refractivity contribution in [3.8, 4) is 0 Å². The highest BCUT2D eigenvalue weighted by Crippen LogP contribution is 2.43. The summed E-state index contributed by atoms with van der Waals surface area (Å²) in [6.45, 7) is 9.30. The van der Waals surface area contributed by atoms with Gasteiger partial charge in [0.1, 0.15) is 0 Å². The summed E-state index contributed by atoms with van der Waals surface area (Å²) in [7, 11) is 0. The zero-order chi connectivity index (χ0) is 14.0. The van der Waals surface area contributed by atoms with Crippen LogP contribution in [0.3, 0.4) is 0 Å². The topological polar surface area (TPSA) is 26.0 Å². The van der Waals surface area contributed by atoms with Crippen molar-refractivity contribution in [3.63, 3.8) is 0 Å². The third-order valence-corrected chi connectivity index (χ3v) is 5.05. The van der Waals surface area contributed by atoms with E-state index in [2.05, 4.69) is 52.0 Å². The molecule has 1 aromatic rings. The maximum absolute atomic E-state index is 6.53. The molecule has 1 fully saturated rings. The molecular formula is C18H29N. The Morgan fingerprint density at radius 3 is 2.16 bits per heavy atom. The van der Waals surface area contributed by atoms with Crippen LogP contribution in [-0.4, -0.2) is 0 Å². The van der Waals surface area contributed by atoms with E-state index in [1.165, 1.54) is 36.8 Å². The fraction of sp³-hybridized carbons (Fsp3) is 0.667. The molecule has 1 atom stereocenters. The molecule has 1 unspecified atom stereocenters. The highest BCUT2D eigenvalue weighted by atomic mass is 14.7. The molecule has 0 aliphatic heterocycles. The van der Waals surface area contributed by atoms with Crippen molar-refractivity contribution in [2.75, 3.05) is 0 Å². The minimum Gasteiger partial charge on any atom is -0.324 e. The number of nitrogens with two attached hydrogens (primary N) is 1. The van der Waals surface area contributed by atoms with E-state index in [1.54, 1.807) is 0 Å². The minimum atomic E-state index is 0.224. The quantitative estimate of drug-likeness (QED) is 0.807. The summed E-state index contributed by atoms with van der Waals surface area (Å²) in [5.74, 6) is 1.53. The van der Waals surface area contributed by atoms with E-state index in [0.29, 0.717) is 11.3 Å². The Balaban J connectivity index is 2.00. The number of benzene rings is 1. The van der Waals surface area contributed by atoms with Crippen LogP contribution in [0.25, 0.3) is 0 Å². The van der Waals surface area contributed by atoms with Crippen molar-refractivity contribution in [1.82, 2.24) is 0 Å². The molecule has 0 heterocycles. The average Bonchev–Trinajstić information content (AvgIpc) is 2.38. The summed E-state index contributed by atoms with van der Waals surface area (Å²) in [6, 6.07) is 8.82. The van der Waals surface area contributed by atoms with Crippen molar-refractivity contribution < 1.29 is 0 Å². The molecule has 1 nitrogen and oxygen atoms in total. The highest BCUT2D eigenvalue weighted by molar-refractivity contribution is 5.29. The molecule has 0 radical (unpaired) electrons. The van der Waals surface area contributed by atoms with Crippen LogP contribution in [0, 0.1) is 24.2 Å². The highest BCUT2D eigenvalue weighted by Gasteiger charge is 2.32. The molecule has 2 rings (SSSR count). The zero-order valence-electron chi connectivity index (χ0n) is 12.9. The third-order valence-electron chi connectivity index (χ3n) is 5.05. The Morgan fingerprint density at radius 2 is 1.63 bits per heavy atom. The fourth-order valence-electron chi connectivity index (χ4n) is 3.56. The third kappa shape index (κ3) is 3.39. The Kier molecular flexibility index (Phi) is 4.35. The van der Waals surface area contributed by atoms with E-state index in [0.717, 1.165) is 5.92 Å². The molecule has 19 heavy (non-hydrogen) atoms. The normalized spacial score (nSPS) is 26.2. The molecule has 106 valence electrons. The smallest absolute Gasteiger partial charge is 0.0326 e. The predicted molar refractivity (Wildman–Crippen MR) is 83.0 cm³/mol. The van der Waals surface area contributed by atoms with E-state index in [9.17, 15) is 0 Å². The van der Waals surface area contributed by atoms with Crippen molar-refractivity contribution in [3.05, 3.63) is 35.4 Å². The lowest BCUT2D eigenvalue weighted by molar-refractivity contribution is 0.139. The zero-order valence-corrected chi connectivity index (χ0v) is 12.9. The number of hydrogen-bond acceptors (Lipinski definition) is 1. The van der Waals surface area contributed by atoms with Gasteiger partial charge in [-0.2, -0.15) is 0 Å². The lowest BCUT2D eigenvalue weighted by Gasteiger charge is -2.39. The Bertz CT molecular complexity index is 408. The van der Waals surface area contributed by atoms with Crippen molar-refractivity contribution in [2.45, 2.75) is 59.4 Å². The summed E-state index contributed by atoms with van der Waals surface area (Å²) < 4.78 is 0. The SMILES string of the molecule is Cc1ccccc1C(N)C1CCC(C(C)(C)C)CC1. The maximum Gasteiger partial charge on any atom is 0.0326 e. The summed E-state index contributed by atoms with van der Waals surface area (Å²) in [5, 5.41) is 0. The monoisotopic (exact) mass is 259 g/mol. The van der Waals surface area contributed by atoms with Gasteiger partial charge in [0, 0.05) is 6.04 Å². The minimum absolute atomic E-state index is 0.224. The van der Waals surface area contributed by atoms with Crippen LogP contribution in [-0.2, 0) is 0 Å². The van der Waals surface area contributed by atoms with Crippen LogP contribution in [0.4, 0.5) is 0 Å². The molecule has 1 aliphatic rings. The van der Waals surface area contributed by atoms with Crippen LogP contribution >= 0.6 is 0 Å². The lowest BCUT2D eigenvalue weighted by atomic mass is 9.68. The Labute approximate surface area is 118 Å². The van der Waals surface area contributed by atoms with Crippen LogP contribution in [0.1, 0.15) is 63.6 Å². The molecule has 0 aromatic heterocycles. The molecule has 0 amide bonds. The fourth-order valence-corrected chi connectivity index (χ4v) is 3.56. The molecule has 0 saturated heterocycles. The van der Waals surface area contributed by atoms with E-state index in [1.807, 2.05) is 0 Å². The predicted octanol–water partition coefficient (Wildman–Crippen LogP) is 4.85. The molecule has 1 aromatic carbocycles. The second-order valence-corrected chi connectivity index (χ2v) is 7.36. The molecule has 1 aliphatic carbocycles. The first-order chi connectivity index (χ1) is 8.89. The summed E-state index contributed by atoms with van der Waals surface area (Å²) in [5.41, 5.74) is 9.67. The second-order valence-electron chi connectivity index (χ2n) is 7.36. The van der Waals surface area contributed by atoms with Crippen LogP contribution in [0.15, 0.2) is 24.3 Å². The molecule has 0 spiro atoms. The first-order valence-corrected chi connectivity index (χ1v) is 7.70. The van der Waals surface area contributed by atoms with Gasteiger partial charge >= 0.3 is 0 Å². The first kappa shape index (κ1) is 14.6. The van der Waals surface area contributed by atoms with Gasteiger partial charge < -0.3 is 5.73 Å². The molecule has 1 saturated carbocycles. The van der Waals surface area contributed by atoms with Crippen LogP contribution in [0.5, 0.6) is 0 Å². The Hall–Kier alpha value is -0.820. The summed E-state index contributed by atoms with van der Waals surface area (Å²) in [6.07, 6.45) is 5.26. The molecular weight excluding hydrogens is 230 g/mol. The van der Waals surface area contributed by atoms with Crippen molar-refractivity contribution in [2.24, 2.45) is 23.0 Å². The van der Waals surface area contributed by atoms with Gasteiger partial charge in [0.2, 0.25) is 0 Å². The molecule has 1 heteroatoms. The summed E-state index contributed by atoms with van der Waals surface area (Å²) >= 11 is 0. The van der Waals surface area contributed by atoms with Gasteiger partial charge in [0.15, 0.2) is 0 Å². The second kappa shape index (κ2) is 5.66. The van der Waals surface area contributed by atoms with Gasteiger partial charge in [-0.25, -0.2) is 0 Å². The van der Waals surface area contributed by atoms with Gasteiger partial charge in [0.05, 0.1) is 0 Å². The van der Waals surface area contributed by atoms with Crippen LogP contribution < -0.4 is 5.73 Å². The largest absolute Gasteiger partial charge is 0.324 e.